The van der Waals surface area contributed by atoms with Gasteiger partial charge in [-0.2, -0.15) is 0 Å². The number of pyridine rings is 1. The van der Waals surface area contributed by atoms with E-state index in [0.29, 0.717) is 5.82 Å². The van der Waals surface area contributed by atoms with Crippen molar-refractivity contribution in [2.24, 2.45) is 0 Å². The molecule has 0 aliphatic rings. The van der Waals surface area contributed by atoms with Gasteiger partial charge in [0.15, 0.2) is 0 Å². The number of aryl methyl sites for hydroxylation is 2. The summed E-state index contributed by atoms with van der Waals surface area (Å²) in [6, 6.07) is 8.05. The first-order valence-corrected chi connectivity index (χ1v) is 5.52. The third-order valence-corrected chi connectivity index (χ3v) is 3.30. The van der Waals surface area contributed by atoms with Crippen molar-refractivity contribution in [1.29, 1.82) is 0 Å². The summed E-state index contributed by atoms with van der Waals surface area (Å²) in [6.07, 6.45) is 0. The molecule has 3 aromatic rings. The van der Waals surface area contributed by atoms with Crippen molar-refractivity contribution in [3.8, 4) is 0 Å². The summed E-state index contributed by atoms with van der Waals surface area (Å²) in [4.78, 5) is 4.37. The highest BCUT2D eigenvalue weighted by atomic mass is 15.3. The van der Waals surface area contributed by atoms with Crippen LogP contribution in [-0.4, -0.2) is 9.66 Å². The minimum atomic E-state index is 0.546. The predicted molar refractivity (Wildman–Crippen MR) is 71.3 cm³/mol. The summed E-state index contributed by atoms with van der Waals surface area (Å²) in [6.45, 7) is 3.91. The van der Waals surface area contributed by atoms with Gasteiger partial charge in [-0.25, -0.2) is 4.98 Å². The van der Waals surface area contributed by atoms with E-state index in [2.05, 4.69) is 11.1 Å². The minimum Gasteiger partial charge on any atom is -0.383 e. The van der Waals surface area contributed by atoms with Gasteiger partial charge in [0.25, 0.3) is 0 Å². The number of nitrogens with zero attached hydrogens (tertiary/aromatic N) is 2. The van der Waals surface area contributed by atoms with Crippen molar-refractivity contribution in [3.05, 3.63) is 35.5 Å². The van der Waals surface area contributed by atoms with Crippen LogP contribution in [0.3, 0.4) is 0 Å². The van der Waals surface area contributed by atoms with Gasteiger partial charge in [-0.05, 0) is 19.9 Å². The SMILES string of the molecule is Cc1nc(N)c(C)c2c1c1ccccc1n2N. The van der Waals surface area contributed by atoms with Crippen LogP contribution < -0.4 is 11.6 Å². The van der Waals surface area contributed by atoms with Gasteiger partial charge < -0.3 is 11.6 Å². The Hall–Kier alpha value is -2.23. The molecule has 0 atom stereocenters. The van der Waals surface area contributed by atoms with E-state index in [4.69, 9.17) is 11.6 Å². The first-order chi connectivity index (χ1) is 8.11. The number of fused-ring (bicyclic) bond motifs is 3. The average Bonchev–Trinajstić information content (AvgIpc) is 2.61. The van der Waals surface area contributed by atoms with Crippen molar-refractivity contribution in [2.45, 2.75) is 13.8 Å². The molecule has 4 nitrogen and oxygen atoms in total. The Bertz CT molecular complexity index is 740. The summed E-state index contributed by atoms with van der Waals surface area (Å²) in [5.41, 5.74) is 9.72. The smallest absolute Gasteiger partial charge is 0.128 e. The molecule has 1 aromatic carbocycles. The Morgan fingerprint density at radius 1 is 1.18 bits per heavy atom. The molecule has 2 heterocycles. The van der Waals surface area contributed by atoms with E-state index in [-0.39, 0.29) is 0 Å². The summed E-state index contributed by atoms with van der Waals surface area (Å²) < 4.78 is 1.70. The molecule has 4 N–H and O–H groups in total. The molecule has 0 aliphatic heterocycles. The molecule has 2 aromatic heterocycles. The zero-order chi connectivity index (χ0) is 12.2. The molecule has 0 saturated heterocycles. The van der Waals surface area contributed by atoms with Crippen molar-refractivity contribution < 1.29 is 0 Å². The normalized spacial score (nSPS) is 11.4. The van der Waals surface area contributed by atoms with Crippen molar-refractivity contribution in [2.75, 3.05) is 11.6 Å². The molecule has 0 fully saturated rings. The molecule has 17 heavy (non-hydrogen) atoms. The first-order valence-electron chi connectivity index (χ1n) is 5.52. The maximum Gasteiger partial charge on any atom is 0.128 e. The number of para-hydroxylation sites is 1. The summed E-state index contributed by atoms with van der Waals surface area (Å²) in [7, 11) is 0. The largest absolute Gasteiger partial charge is 0.383 e. The van der Waals surface area contributed by atoms with E-state index >= 15 is 0 Å². The predicted octanol–water partition coefficient (Wildman–Crippen LogP) is 2.10. The standard InChI is InChI=1S/C13H14N4/c1-7-12-11(8(2)16-13(7)14)9-5-3-4-6-10(9)17(12)15/h3-6H,15H2,1-2H3,(H2,14,16). The van der Waals surface area contributed by atoms with Crippen LogP contribution in [-0.2, 0) is 0 Å². The lowest BCUT2D eigenvalue weighted by molar-refractivity contribution is 1.10. The van der Waals surface area contributed by atoms with Crippen molar-refractivity contribution >= 4 is 27.6 Å². The number of nitrogen functional groups attached to an aromatic ring is 2. The fraction of sp³-hybridized carbons (Fsp3) is 0.154. The number of rotatable bonds is 0. The topological polar surface area (TPSA) is 69.9 Å². The van der Waals surface area contributed by atoms with Gasteiger partial charge in [0.1, 0.15) is 5.82 Å². The van der Waals surface area contributed by atoms with Crippen molar-refractivity contribution in [1.82, 2.24) is 9.66 Å². The number of nitrogens with two attached hydrogens (primary N) is 2. The Morgan fingerprint density at radius 2 is 1.88 bits per heavy atom. The second kappa shape index (κ2) is 3.13. The van der Waals surface area contributed by atoms with Gasteiger partial charge in [-0.15, -0.1) is 0 Å². The molecule has 3 rings (SSSR count). The van der Waals surface area contributed by atoms with Gasteiger partial charge in [0.05, 0.1) is 11.0 Å². The Balaban J connectivity index is 2.71. The van der Waals surface area contributed by atoms with Crippen LogP contribution in [0.4, 0.5) is 5.82 Å². The lowest BCUT2D eigenvalue weighted by Gasteiger charge is -2.06. The summed E-state index contributed by atoms with van der Waals surface area (Å²) in [5.74, 6) is 6.69. The van der Waals surface area contributed by atoms with Gasteiger partial charge >= 0.3 is 0 Å². The van der Waals surface area contributed by atoms with Crippen LogP contribution in [0, 0.1) is 13.8 Å². The molecule has 0 spiro atoms. The van der Waals surface area contributed by atoms with Crippen LogP contribution in [0.2, 0.25) is 0 Å². The van der Waals surface area contributed by atoms with E-state index in [0.717, 1.165) is 33.1 Å². The highest BCUT2D eigenvalue weighted by molar-refractivity contribution is 6.10. The van der Waals surface area contributed by atoms with E-state index in [1.165, 1.54) is 0 Å². The zero-order valence-electron chi connectivity index (χ0n) is 9.86. The van der Waals surface area contributed by atoms with E-state index in [1.807, 2.05) is 32.0 Å². The molecule has 0 radical (unpaired) electrons. The second-order valence-corrected chi connectivity index (χ2v) is 4.32. The van der Waals surface area contributed by atoms with Gasteiger partial charge in [0.2, 0.25) is 0 Å². The summed E-state index contributed by atoms with van der Waals surface area (Å²) >= 11 is 0. The number of hydrogen-bond donors (Lipinski definition) is 2. The molecular formula is C13H14N4. The quantitative estimate of drug-likeness (QED) is 0.577. The zero-order valence-corrected chi connectivity index (χ0v) is 9.86. The highest BCUT2D eigenvalue weighted by Gasteiger charge is 2.15. The molecule has 0 unspecified atom stereocenters. The highest BCUT2D eigenvalue weighted by Crippen LogP contribution is 2.32. The van der Waals surface area contributed by atoms with Crippen LogP contribution >= 0.6 is 0 Å². The van der Waals surface area contributed by atoms with Gasteiger partial charge in [-0.3, -0.25) is 4.68 Å². The fourth-order valence-electron chi connectivity index (χ4n) is 2.44. The van der Waals surface area contributed by atoms with E-state index in [1.54, 1.807) is 4.68 Å². The lowest BCUT2D eigenvalue weighted by atomic mass is 10.1. The summed E-state index contributed by atoms with van der Waals surface area (Å²) in [5, 5.41) is 2.22. The maximum absolute atomic E-state index is 6.15. The van der Waals surface area contributed by atoms with Crippen LogP contribution in [0.5, 0.6) is 0 Å². The van der Waals surface area contributed by atoms with E-state index < -0.39 is 0 Å². The minimum absolute atomic E-state index is 0.546. The second-order valence-electron chi connectivity index (χ2n) is 4.32. The molecule has 86 valence electrons. The maximum atomic E-state index is 6.15. The van der Waals surface area contributed by atoms with Crippen LogP contribution in [0.25, 0.3) is 21.8 Å². The Labute approximate surface area is 98.8 Å². The van der Waals surface area contributed by atoms with Crippen LogP contribution in [0.1, 0.15) is 11.3 Å². The van der Waals surface area contributed by atoms with Gasteiger partial charge in [-0.1, -0.05) is 18.2 Å². The molecule has 0 amide bonds. The van der Waals surface area contributed by atoms with Gasteiger partial charge in [0, 0.05) is 22.0 Å². The molecule has 0 saturated carbocycles. The molecule has 0 aliphatic carbocycles. The third-order valence-electron chi connectivity index (χ3n) is 3.30. The third kappa shape index (κ3) is 1.15. The number of anilines is 1. The van der Waals surface area contributed by atoms with E-state index in [9.17, 15) is 0 Å². The number of hydrogen-bond acceptors (Lipinski definition) is 3. The Morgan fingerprint density at radius 3 is 2.65 bits per heavy atom. The van der Waals surface area contributed by atoms with Crippen LogP contribution in [0.15, 0.2) is 24.3 Å². The van der Waals surface area contributed by atoms with Crippen molar-refractivity contribution in [3.63, 3.8) is 0 Å². The molecular weight excluding hydrogens is 212 g/mol. The Kier molecular flexibility index (Phi) is 1.84. The monoisotopic (exact) mass is 226 g/mol. The fourth-order valence-corrected chi connectivity index (χ4v) is 2.44. The molecule has 4 heteroatoms. The molecule has 0 bridgehead atoms. The number of aromatic nitrogens is 2. The first kappa shape index (κ1) is 9.96. The number of benzene rings is 1. The average molecular weight is 226 g/mol. The lowest BCUT2D eigenvalue weighted by Crippen LogP contribution is -2.09.